The molecule has 0 saturated heterocycles. The van der Waals surface area contributed by atoms with Gasteiger partial charge >= 0.3 is 6.18 Å². The summed E-state index contributed by atoms with van der Waals surface area (Å²) in [6.45, 7) is 0.351. The van der Waals surface area contributed by atoms with E-state index >= 15 is 0 Å². The van der Waals surface area contributed by atoms with Crippen LogP contribution in [0.1, 0.15) is 17.3 Å². The molecule has 2 aromatic rings. The molecule has 2 rings (SSSR count). The van der Waals surface area contributed by atoms with Gasteiger partial charge in [-0.15, -0.1) is 0 Å². The minimum atomic E-state index is -5.14. The fourth-order valence-corrected chi connectivity index (χ4v) is 3.21. The molecule has 4 nitrogen and oxygen atoms in total. The van der Waals surface area contributed by atoms with E-state index < -0.39 is 33.0 Å². The number of carbonyl (C=O) groups excluding carboxylic acids is 1. The quantitative estimate of drug-likeness (QED) is 0.853. The Hall–Kier alpha value is -2.19. The fraction of sp³-hybridized carbons (Fsp3) is 0.188. The average molecular weight is 358 g/mol. The Bertz CT molecular complexity index is 839. The van der Waals surface area contributed by atoms with Crippen molar-refractivity contribution >= 4 is 15.6 Å². The second-order valence-corrected chi connectivity index (χ2v) is 7.19. The maximum absolute atomic E-state index is 12.7. The molecule has 0 bridgehead atoms. The molecule has 0 aliphatic carbocycles. The number of ketones is 1. The van der Waals surface area contributed by atoms with Crippen molar-refractivity contribution in [2.45, 2.75) is 28.5 Å². The standard InChI is InChI=1S/C16H13F3O4S/c1-15(21,16(17,18)19)14(20)11-7-9-13(10-8-11)24(22,23)12-5-3-2-4-6-12/h2-10,21H,1H3/t15-/m1/s1. The number of hydrogen-bond acceptors (Lipinski definition) is 4. The number of alkyl halides is 3. The molecule has 0 fully saturated rings. The third-order valence-corrected chi connectivity index (χ3v) is 5.26. The highest BCUT2D eigenvalue weighted by atomic mass is 32.2. The largest absolute Gasteiger partial charge is 0.424 e. The van der Waals surface area contributed by atoms with Gasteiger partial charge in [0.1, 0.15) is 0 Å². The van der Waals surface area contributed by atoms with Crippen LogP contribution < -0.4 is 0 Å². The summed E-state index contributed by atoms with van der Waals surface area (Å²) in [5, 5.41) is 9.39. The second-order valence-electron chi connectivity index (χ2n) is 5.24. The molecule has 0 saturated carbocycles. The zero-order valence-corrected chi connectivity index (χ0v) is 13.2. The molecule has 1 atom stereocenters. The minimum Gasteiger partial charge on any atom is -0.374 e. The first-order valence-corrected chi connectivity index (χ1v) is 8.20. The van der Waals surface area contributed by atoms with Crippen molar-refractivity contribution in [1.29, 1.82) is 0 Å². The summed E-state index contributed by atoms with van der Waals surface area (Å²) in [5.41, 5.74) is -3.99. The summed E-state index contributed by atoms with van der Waals surface area (Å²) in [7, 11) is -3.84. The molecule has 0 heterocycles. The van der Waals surface area contributed by atoms with Gasteiger partial charge in [0.2, 0.25) is 21.2 Å². The number of aliphatic hydroxyl groups is 1. The van der Waals surface area contributed by atoms with Gasteiger partial charge in [0.05, 0.1) is 9.79 Å². The van der Waals surface area contributed by atoms with Crippen molar-refractivity contribution in [1.82, 2.24) is 0 Å². The van der Waals surface area contributed by atoms with Crippen molar-refractivity contribution in [3.63, 3.8) is 0 Å². The normalized spacial score (nSPS) is 14.9. The van der Waals surface area contributed by atoms with Gasteiger partial charge in [0, 0.05) is 5.56 Å². The molecular weight excluding hydrogens is 345 g/mol. The van der Waals surface area contributed by atoms with Gasteiger partial charge in [-0.25, -0.2) is 8.42 Å². The summed E-state index contributed by atoms with van der Waals surface area (Å²) in [5.74, 6) is -1.56. The van der Waals surface area contributed by atoms with Crippen LogP contribution in [-0.2, 0) is 9.84 Å². The summed E-state index contributed by atoms with van der Waals surface area (Å²) in [6, 6.07) is 11.4. The Morgan fingerprint density at radius 1 is 0.917 bits per heavy atom. The van der Waals surface area contributed by atoms with Gasteiger partial charge in [-0.05, 0) is 43.3 Å². The van der Waals surface area contributed by atoms with Crippen LogP contribution in [0.4, 0.5) is 13.2 Å². The van der Waals surface area contributed by atoms with E-state index in [0.717, 1.165) is 24.3 Å². The molecule has 0 amide bonds. The van der Waals surface area contributed by atoms with Crippen LogP contribution in [0.25, 0.3) is 0 Å². The van der Waals surface area contributed by atoms with Crippen molar-refractivity contribution < 1.29 is 31.5 Å². The number of halogens is 3. The molecule has 24 heavy (non-hydrogen) atoms. The van der Waals surface area contributed by atoms with Gasteiger partial charge in [0.15, 0.2) is 0 Å². The van der Waals surface area contributed by atoms with Crippen molar-refractivity contribution in [2.24, 2.45) is 0 Å². The van der Waals surface area contributed by atoms with Gasteiger partial charge in [0.25, 0.3) is 0 Å². The summed E-state index contributed by atoms with van der Waals surface area (Å²) >= 11 is 0. The molecule has 128 valence electrons. The minimum absolute atomic E-state index is 0.0198. The number of benzene rings is 2. The predicted molar refractivity (Wildman–Crippen MR) is 79.3 cm³/mol. The Morgan fingerprint density at radius 2 is 1.38 bits per heavy atom. The van der Waals surface area contributed by atoms with Gasteiger partial charge in [-0.1, -0.05) is 18.2 Å². The number of carbonyl (C=O) groups is 1. The fourth-order valence-electron chi connectivity index (χ4n) is 1.93. The highest BCUT2D eigenvalue weighted by molar-refractivity contribution is 7.91. The van der Waals surface area contributed by atoms with Crippen LogP contribution in [0.3, 0.4) is 0 Å². The molecule has 0 spiro atoms. The van der Waals surface area contributed by atoms with E-state index in [9.17, 15) is 31.5 Å². The zero-order chi connectivity index (χ0) is 18.2. The van der Waals surface area contributed by atoms with Gasteiger partial charge in [-0.3, -0.25) is 4.79 Å². The molecular formula is C16H13F3O4S. The van der Waals surface area contributed by atoms with Gasteiger partial charge in [-0.2, -0.15) is 13.2 Å². The smallest absolute Gasteiger partial charge is 0.374 e. The maximum Gasteiger partial charge on any atom is 0.424 e. The summed E-state index contributed by atoms with van der Waals surface area (Å²) in [6.07, 6.45) is -5.14. The maximum atomic E-state index is 12.7. The van der Waals surface area contributed by atoms with E-state index in [1.54, 1.807) is 6.07 Å². The lowest BCUT2D eigenvalue weighted by molar-refractivity contribution is -0.229. The molecule has 8 heteroatoms. The van der Waals surface area contributed by atoms with Crippen LogP contribution in [0.15, 0.2) is 64.4 Å². The van der Waals surface area contributed by atoms with Crippen molar-refractivity contribution in [2.75, 3.05) is 0 Å². The lowest BCUT2D eigenvalue weighted by Crippen LogP contribution is -2.49. The van der Waals surface area contributed by atoms with Crippen LogP contribution in [0.2, 0.25) is 0 Å². The molecule has 1 N–H and O–H groups in total. The van der Waals surface area contributed by atoms with E-state index in [2.05, 4.69) is 0 Å². The third kappa shape index (κ3) is 3.20. The van der Waals surface area contributed by atoms with E-state index in [1.807, 2.05) is 0 Å². The van der Waals surface area contributed by atoms with E-state index in [1.165, 1.54) is 24.3 Å². The topological polar surface area (TPSA) is 71.4 Å². The lowest BCUT2D eigenvalue weighted by Gasteiger charge is -2.24. The SMILES string of the molecule is C[C@@](O)(C(=O)c1ccc(S(=O)(=O)c2ccccc2)cc1)C(F)(F)F. The van der Waals surface area contributed by atoms with Crippen LogP contribution in [-0.4, -0.2) is 31.1 Å². The number of sulfone groups is 1. The Kier molecular flexibility index (Phi) is 4.56. The molecule has 2 aromatic carbocycles. The zero-order valence-electron chi connectivity index (χ0n) is 12.4. The number of rotatable bonds is 4. The van der Waals surface area contributed by atoms with Crippen LogP contribution >= 0.6 is 0 Å². The van der Waals surface area contributed by atoms with E-state index in [0.29, 0.717) is 6.92 Å². The first-order valence-electron chi connectivity index (χ1n) is 6.72. The average Bonchev–Trinajstić information content (AvgIpc) is 2.54. The second kappa shape index (κ2) is 6.03. The highest BCUT2D eigenvalue weighted by Gasteiger charge is 2.55. The Labute approximate surface area is 136 Å². The Balaban J connectivity index is 2.37. The summed E-state index contributed by atoms with van der Waals surface area (Å²) < 4.78 is 62.8. The molecule has 0 aliphatic rings. The first-order chi connectivity index (χ1) is 11.0. The highest BCUT2D eigenvalue weighted by Crippen LogP contribution is 2.33. The molecule has 0 aliphatic heterocycles. The van der Waals surface area contributed by atoms with Crippen LogP contribution in [0.5, 0.6) is 0 Å². The lowest BCUT2D eigenvalue weighted by atomic mass is 9.94. The van der Waals surface area contributed by atoms with E-state index in [4.69, 9.17) is 0 Å². The third-order valence-electron chi connectivity index (χ3n) is 3.47. The number of hydrogen-bond donors (Lipinski definition) is 1. The van der Waals surface area contributed by atoms with E-state index in [-0.39, 0.29) is 9.79 Å². The van der Waals surface area contributed by atoms with Crippen molar-refractivity contribution in [3.05, 3.63) is 60.2 Å². The monoisotopic (exact) mass is 358 g/mol. The first kappa shape index (κ1) is 18.2. The molecule has 0 radical (unpaired) electrons. The molecule has 0 unspecified atom stereocenters. The van der Waals surface area contributed by atoms with Crippen LogP contribution in [0, 0.1) is 0 Å². The van der Waals surface area contributed by atoms with Crippen molar-refractivity contribution in [3.8, 4) is 0 Å². The van der Waals surface area contributed by atoms with Gasteiger partial charge < -0.3 is 5.11 Å². The predicted octanol–water partition coefficient (Wildman–Crippen LogP) is 3.02. The Morgan fingerprint density at radius 3 is 1.83 bits per heavy atom. The number of Topliss-reactive ketones (excluding diaryl/α,β-unsaturated/α-hetero) is 1. The summed E-state index contributed by atoms with van der Waals surface area (Å²) in [4.78, 5) is 11.7. The molecule has 0 aromatic heterocycles.